The van der Waals surface area contributed by atoms with Crippen LogP contribution in [-0.2, 0) is 9.84 Å². The summed E-state index contributed by atoms with van der Waals surface area (Å²) in [6, 6.07) is 2.78. The molecule has 1 fully saturated rings. The lowest BCUT2D eigenvalue weighted by atomic mass is 10.0. The second kappa shape index (κ2) is 6.14. The van der Waals surface area contributed by atoms with Crippen LogP contribution in [0.4, 0.5) is 10.1 Å². The first-order valence-electron chi connectivity index (χ1n) is 6.80. The lowest BCUT2D eigenvalue weighted by molar-refractivity contribution is 0.583. The molecule has 2 rings (SSSR count). The Labute approximate surface area is 129 Å². The summed E-state index contributed by atoms with van der Waals surface area (Å²) < 4.78 is 37.9. The SMILES string of the molecule is Cc1cc(N2CCSCC2S(C)(=O)=O)c(C(C)N)cc1F. The molecule has 1 aliphatic heterocycles. The summed E-state index contributed by atoms with van der Waals surface area (Å²) in [4.78, 5) is 1.86. The van der Waals surface area contributed by atoms with Gasteiger partial charge in [-0.3, -0.25) is 0 Å². The highest BCUT2D eigenvalue weighted by atomic mass is 32.2. The number of aryl methyl sites for hydroxylation is 1. The van der Waals surface area contributed by atoms with Crippen molar-refractivity contribution in [2.45, 2.75) is 25.3 Å². The van der Waals surface area contributed by atoms with Crippen LogP contribution < -0.4 is 10.6 Å². The van der Waals surface area contributed by atoms with Crippen LogP contribution in [-0.4, -0.2) is 38.1 Å². The van der Waals surface area contributed by atoms with Gasteiger partial charge in [0.1, 0.15) is 11.2 Å². The first-order chi connectivity index (χ1) is 9.71. The standard InChI is InChI=1S/C14H21FN2O2S2/c1-9-6-13(11(10(2)16)7-12(9)15)17-4-5-20-8-14(17)21(3,18)19/h6-7,10,14H,4-5,8,16H2,1-3H3. The molecular formula is C14H21FN2O2S2. The van der Waals surface area contributed by atoms with Gasteiger partial charge >= 0.3 is 0 Å². The fraction of sp³-hybridized carbons (Fsp3) is 0.571. The zero-order chi connectivity index (χ0) is 15.8. The van der Waals surface area contributed by atoms with Gasteiger partial charge in [0.05, 0.1) is 0 Å². The van der Waals surface area contributed by atoms with Crippen LogP contribution in [0.25, 0.3) is 0 Å². The second-order valence-electron chi connectivity index (χ2n) is 5.50. The lowest BCUT2D eigenvalue weighted by Gasteiger charge is -2.37. The molecule has 2 N–H and O–H groups in total. The molecular weight excluding hydrogens is 311 g/mol. The van der Waals surface area contributed by atoms with Crippen LogP contribution >= 0.6 is 11.8 Å². The van der Waals surface area contributed by atoms with E-state index in [1.54, 1.807) is 31.7 Å². The normalized spacial score (nSPS) is 21.4. The Morgan fingerprint density at radius 1 is 1.48 bits per heavy atom. The highest BCUT2D eigenvalue weighted by Crippen LogP contribution is 2.33. The average Bonchev–Trinajstić information content (AvgIpc) is 2.40. The Kier molecular flexibility index (Phi) is 4.85. The molecule has 0 saturated carbocycles. The van der Waals surface area contributed by atoms with E-state index in [9.17, 15) is 12.8 Å². The van der Waals surface area contributed by atoms with Crippen LogP contribution in [0.15, 0.2) is 12.1 Å². The van der Waals surface area contributed by atoms with E-state index in [4.69, 9.17) is 5.73 Å². The highest BCUT2D eigenvalue weighted by molar-refractivity contribution is 8.01. The highest BCUT2D eigenvalue weighted by Gasteiger charge is 2.32. The molecule has 1 aromatic carbocycles. The quantitative estimate of drug-likeness (QED) is 0.918. The van der Waals surface area contributed by atoms with Gasteiger partial charge in [0.25, 0.3) is 0 Å². The molecule has 1 aromatic rings. The maximum absolute atomic E-state index is 13.8. The van der Waals surface area contributed by atoms with Crippen molar-refractivity contribution in [1.29, 1.82) is 0 Å². The van der Waals surface area contributed by atoms with E-state index in [-0.39, 0.29) is 11.9 Å². The monoisotopic (exact) mass is 332 g/mol. The van der Waals surface area contributed by atoms with Crippen LogP contribution in [0, 0.1) is 12.7 Å². The Balaban J connectivity index is 2.55. The Hall–Kier alpha value is -0.790. The van der Waals surface area contributed by atoms with Crippen molar-refractivity contribution in [2.24, 2.45) is 5.73 Å². The molecule has 4 nitrogen and oxygen atoms in total. The molecule has 1 saturated heterocycles. The van der Waals surface area contributed by atoms with Crippen LogP contribution in [0.3, 0.4) is 0 Å². The van der Waals surface area contributed by atoms with E-state index in [0.717, 1.165) is 11.4 Å². The van der Waals surface area contributed by atoms with E-state index in [0.29, 0.717) is 23.4 Å². The molecule has 0 aromatic heterocycles. The summed E-state index contributed by atoms with van der Waals surface area (Å²) in [6.07, 6.45) is 1.25. The number of sulfone groups is 1. The van der Waals surface area contributed by atoms with Gasteiger partial charge in [0, 0.05) is 36.0 Å². The number of thioether (sulfide) groups is 1. The number of benzene rings is 1. The molecule has 2 unspecified atom stereocenters. The smallest absolute Gasteiger partial charge is 0.169 e. The van der Waals surface area contributed by atoms with Gasteiger partial charge in [-0.25, -0.2) is 12.8 Å². The molecule has 2 atom stereocenters. The minimum absolute atomic E-state index is 0.312. The largest absolute Gasteiger partial charge is 0.353 e. The van der Waals surface area contributed by atoms with Crippen molar-refractivity contribution in [3.63, 3.8) is 0 Å². The zero-order valence-electron chi connectivity index (χ0n) is 12.5. The second-order valence-corrected chi connectivity index (χ2v) is 8.85. The summed E-state index contributed by atoms with van der Waals surface area (Å²) in [6.45, 7) is 4.08. The average molecular weight is 332 g/mol. The number of nitrogens with two attached hydrogens (primary N) is 1. The minimum Gasteiger partial charge on any atom is -0.353 e. The van der Waals surface area contributed by atoms with Crippen LogP contribution in [0.1, 0.15) is 24.1 Å². The van der Waals surface area contributed by atoms with Gasteiger partial charge < -0.3 is 10.6 Å². The predicted octanol–water partition coefficient (Wildman–Crippen LogP) is 2.08. The Bertz CT molecular complexity index is 632. The maximum Gasteiger partial charge on any atom is 0.169 e. The molecule has 0 spiro atoms. The zero-order valence-corrected chi connectivity index (χ0v) is 14.1. The van der Waals surface area contributed by atoms with Gasteiger partial charge in [-0.05, 0) is 37.1 Å². The van der Waals surface area contributed by atoms with E-state index in [2.05, 4.69) is 0 Å². The molecule has 0 aliphatic carbocycles. The first-order valence-corrected chi connectivity index (χ1v) is 9.91. The number of hydrogen-bond donors (Lipinski definition) is 1. The molecule has 0 amide bonds. The van der Waals surface area contributed by atoms with Gasteiger partial charge in [0.2, 0.25) is 0 Å². The van der Waals surface area contributed by atoms with Crippen LogP contribution in [0.5, 0.6) is 0 Å². The summed E-state index contributed by atoms with van der Waals surface area (Å²) in [5, 5.41) is -0.585. The Morgan fingerprint density at radius 3 is 2.71 bits per heavy atom. The van der Waals surface area contributed by atoms with Gasteiger partial charge in [-0.15, -0.1) is 0 Å². The van der Waals surface area contributed by atoms with E-state index < -0.39 is 15.2 Å². The van der Waals surface area contributed by atoms with Crippen molar-refractivity contribution < 1.29 is 12.8 Å². The number of hydrogen-bond acceptors (Lipinski definition) is 5. The number of anilines is 1. The number of halogens is 1. The van der Waals surface area contributed by atoms with Gasteiger partial charge in [-0.2, -0.15) is 11.8 Å². The molecule has 0 radical (unpaired) electrons. The molecule has 0 bridgehead atoms. The fourth-order valence-corrected chi connectivity index (χ4v) is 5.34. The van der Waals surface area contributed by atoms with Crippen molar-refractivity contribution in [3.8, 4) is 0 Å². The van der Waals surface area contributed by atoms with E-state index in [1.165, 1.54) is 12.3 Å². The molecule has 7 heteroatoms. The predicted molar refractivity (Wildman–Crippen MR) is 87.0 cm³/mol. The van der Waals surface area contributed by atoms with Gasteiger partial charge in [-0.1, -0.05) is 0 Å². The Morgan fingerprint density at radius 2 is 2.14 bits per heavy atom. The fourth-order valence-electron chi connectivity index (χ4n) is 2.51. The van der Waals surface area contributed by atoms with Crippen molar-refractivity contribution in [1.82, 2.24) is 0 Å². The minimum atomic E-state index is -3.22. The third-order valence-corrected chi connectivity index (χ3v) is 6.33. The molecule has 21 heavy (non-hydrogen) atoms. The lowest BCUT2D eigenvalue weighted by Crippen LogP contribution is -2.47. The van der Waals surface area contributed by atoms with Crippen LogP contribution in [0.2, 0.25) is 0 Å². The summed E-state index contributed by atoms with van der Waals surface area (Å²) in [7, 11) is -3.22. The van der Waals surface area contributed by atoms with E-state index >= 15 is 0 Å². The van der Waals surface area contributed by atoms with Crippen molar-refractivity contribution in [2.75, 3.05) is 29.2 Å². The molecule has 118 valence electrons. The number of nitrogens with zero attached hydrogens (tertiary/aromatic N) is 1. The van der Waals surface area contributed by atoms with E-state index in [1.807, 2.05) is 4.90 Å². The topological polar surface area (TPSA) is 63.4 Å². The van der Waals surface area contributed by atoms with Crippen molar-refractivity contribution >= 4 is 27.3 Å². The summed E-state index contributed by atoms with van der Waals surface area (Å²) in [5.74, 6) is 1.06. The maximum atomic E-state index is 13.8. The molecule has 1 aliphatic rings. The number of rotatable bonds is 3. The van der Waals surface area contributed by atoms with Crippen molar-refractivity contribution in [3.05, 3.63) is 29.1 Å². The summed E-state index contributed by atoms with van der Waals surface area (Å²) in [5.41, 5.74) is 7.83. The van der Waals surface area contributed by atoms with Gasteiger partial charge in [0.15, 0.2) is 9.84 Å². The third kappa shape index (κ3) is 3.52. The third-order valence-electron chi connectivity index (χ3n) is 3.69. The summed E-state index contributed by atoms with van der Waals surface area (Å²) >= 11 is 1.62. The first kappa shape index (κ1) is 16.6. The molecule has 1 heterocycles.